The van der Waals surface area contributed by atoms with Crippen LogP contribution in [0.3, 0.4) is 0 Å². The van der Waals surface area contributed by atoms with E-state index in [1.165, 1.54) is 6.92 Å². The van der Waals surface area contributed by atoms with Gasteiger partial charge >= 0.3 is 11.9 Å². The zero-order valence-corrected chi connectivity index (χ0v) is 13.7. The maximum atomic E-state index is 12.1. The largest absolute Gasteiger partial charge is 0.462 e. The molecule has 22 heavy (non-hydrogen) atoms. The molecule has 0 N–H and O–H groups in total. The standard InChI is InChI=1S/C17H24O5/c1-9-11-5-7-15(3)12(20-10(2)18)6-8-16(4)17(15,22-16)13(11)21-14(9)19/h9,11-13H,5-8H2,1-4H3/t9-,11-,12-,13-,15-,16-,17+/m0/s1. The predicted molar refractivity (Wildman–Crippen MR) is 76.9 cm³/mol. The SMILES string of the molecule is CC(=O)O[C@H]1CC[C@]2(C)O[C@@]23[C@H]2OC(=O)[C@@H](C)[C@@H]2CC[C@@]13C. The second kappa shape index (κ2) is 4.05. The van der Waals surface area contributed by atoms with Crippen LogP contribution in [-0.2, 0) is 23.8 Å². The van der Waals surface area contributed by atoms with E-state index in [1.54, 1.807) is 0 Å². The van der Waals surface area contributed by atoms with Crippen molar-refractivity contribution in [1.29, 1.82) is 0 Å². The molecule has 0 amide bonds. The van der Waals surface area contributed by atoms with Gasteiger partial charge in [0.05, 0.1) is 11.5 Å². The third-order valence-electron chi connectivity index (χ3n) is 6.92. The zero-order chi connectivity index (χ0) is 15.9. The summed E-state index contributed by atoms with van der Waals surface area (Å²) in [5.74, 6) is -0.199. The molecule has 122 valence electrons. The third-order valence-corrected chi connectivity index (χ3v) is 6.92. The van der Waals surface area contributed by atoms with Crippen molar-refractivity contribution in [3.05, 3.63) is 0 Å². The first kappa shape index (κ1) is 14.5. The molecule has 4 rings (SSSR count). The number of esters is 2. The van der Waals surface area contributed by atoms with E-state index in [-0.39, 0.29) is 47.0 Å². The van der Waals surface area contributed by atoms with Gasteiger partial charge in [0.2, 0.25) is 0 Å². The van der Waals surface area contributed by atoms with Gasteiger partial charge in [-0.05, 0) is 32.6 Å². The Hall–Kier alpha value is -1.10. The number of rotatable bonds is 1. The lowest BCUT2D eigenvalue weighted by atomic mass is 9.52. The molecule has 2 aliphatic heterocycles. The van der Waals surface area contributed by atoms with Crippen molar-refractivity contribution in [2.24, 2.45) is 17.3 Å². The van der Waals surface area contributed by atoms with E-state index < -0.39 is 5.60 Å². The average molecular weight is 308 g/mol. The van der Waals surface area contributed by atoms with Crippen molar-refractivity contribution in [2.75, 3.05) is 0 Å². The highest BCUT2D eigenvalue weighted by atomic mass is 16.7. The second-order valence-electron chi connectivity index (χ2n) is 7.97. The minimum absolute atomic E-state index is 0.0634. The summed E-state index contributed by atoms with van der Waals surface area (Å²) in [6, 6.07) is 0. The van der Waals surface area contributed by atoms with Gasteiger partial charge in [0.25, 0.3) is 0 Å². The fourth-order valence-electron chi connectivity index (χ4n) is 5.68. The van der Waals surface area contributed by atoms with E-state index in [9.17, 15) is 9.59 Å². The lowest BCUT2D eigenvalue weighted by Gasteiger charge is -2.52. The summed E-state index contributed by atoms with van der Waals surface area (Å²) in [6.07, 6.45) is 3.13. The molecule has 2 heterocycles. The van der Waals surface area contributed by atoms with Crippen molar-refractivity contribution >= 4 is 11.9 Å². The third kappa shape index (κ3) is 1.44. The number of carbonyl (C=O) groups excluding carboxylic acids is 2. The first-order chi connectivity index (χ1) is 10.3. The Bertz CT molecular complexity index is 559. The van der Waals surface area contributed by atoms with Crippen LogP contribution in [0.4, 0.5) is 0 Å². The van der Waals surface area contributed by atoms with Crippen LogP contribution < -0.4 is 0 Å². The minimum Gasteiger partial charge on any atom is -0.462 e. The molecule has 1 spiro atoms. The Morgan fingerprint density at radius 2 is 2.00 bits per heavy atom. The van der Waals surface area contributed by atoms with Crippen LogP contribution in [0.2, 0.25) is 0 Å². The summed E-state index contributed by atoms with van der Waals surface area (Å²) in [5.41, 5.74) is -1.02. The van der Waals surface area contributed by atoms with Crippen molar-refractivity contribution < 1.29 is 23.8 Å². The quantitative estimate of drug-likeness (QED) is 0.549. The van der Waals surface area contributed by atoms with Gasteiger partial charge < -0.3 is 14.2 Å². The smallest absolute Gasteiger partial charge is 0.309 e. The van der Waals surface area contributed by atoms with E-state index in [2.05, 4.69) is 13.8 Å². The van der Waals surface area contributed by atoms with Crippen molar-refractivity contribution in [3.8, 4) is 0 Å². The summed E-state index contributed by atoms with van der Waals surface area (Å²) >= 11 is 0. The molecule has 0 radical (unpaired) electrons. The summed E-state index contributed by atoms with van der Waals surface area (Å²) in [6.45, 7) is 7.69. The molecule has 4 aliphatic rings. The number of fused-ring (bicyclic) bond motifs is 1. The fourth-order valence-corrected chi connectivity index (χ4v) is 5.68. The highest BCUT2D eigenvalue weighted by molar-refractivity contribution is 5.75. The number of hydrogen-bond acceptors (Lipinski definition) is 5. The highest BCUT2D eigenvalue weighted by Gasteiger charge is 2.85. The van der Waals surface area contributed by atoms with Crippen LogP contribution in [0, 0.1) is 17.3 Å². The van der Waals surface area contributed by atoms with Gasteiger partial charge in [0.1, 0.15) is 17.8 Å². The molecule has 2 saturated carbocycles. The molecule has 5 heteroatoms. The summed E-state index contributed by atoms with van der Waals surface area (Å²) in [4.78, 5) is 23.6. The number of hydrogen-bond donors (Lipinski definition) is 0. The van der Waals surface area contributed by atoms with E-state index in [0.29, 0.717) is 0 Å². The molecule has 4 fully saturated rings. The Kier molecular flexibility index (Phi) is 2.67. The fraction of sp³-hybridized carbons (Fsp3) is 0.882. The number of carbonyl (C=O) groups is 2. The van der Waals surface area contributed by atoms with Gasteiger partial charge in [-0.2, -0.15) is 0 Å². The Balaban J connectivity index is 1.75. The maximum Gasteiger partial charge on any atom is 0.309 e. The molecule has 2 saturated heterocycles. The van der Waals surface area contributed by atoms with E-state index in [0.717, 1.165) is 25.7 Å². The normalized spacial score (nSPS) is 55.5. The highest BCUT2D eigenvalue weighted by Crippen LogP contribution is 2.73. The summed E-state index contributed by atoms with van der Waals surface area (Å²) in [7, 11) is 0. The maximum absolute atomic E-state index is 12.1. The van der Waals surface area contributed by atoms with Gasteiger partial charge in [-0.3, -0.25) is 9.59 Å². The molecule has 0 unspecified atom stereocenters. The molecule has 0 aromatic heterocycles. The van der Waals surface area contributed by atoms with E-state index in [1.807, 2.05) is 6.92 Å². The molecule has 0 aromatic rings. The molecule has 2 aliphatic carbocycles. The van der Waals surface area contributed by atoms with Crippen molar-refractivity contribution in [1.82, 2.24) is 0 Å². The molecule has 0 aromatic carbocycles. The topological polar surface area (TPSA) is 65.1 Å². The molecule has 0 bridgehead atoms. The van der Waals surface area contributed by atoms with Crippen LogP contribution in [0.25, 0.3) is 0 Å². The van der Waals surface area contributed by atoms with Crippen molar-refractivity contribution in [3.63, 3.8) is 0 Å². The van der Waals surface area contributed by atoms with E-state index >= 15 is 0 Å². The predicted octanol–water partition coefficient (Wildman–Crippen LogP) is 2.22. The van der Waals surface area contributed by atoms with Crippen LogP contribution in [-0.4, -0.2) is 35.3 Å². The van der Waals surface area contributed by atoms with Gasteiger partial charge in [0.15, 0.2) is 0 Å². The lowest BCUT2D eigenvalue weighted by Crippen LogP contribution is -2.63. The van der Waals surface area contributed by atoms with Gasteiger partial charge in [0, 0.05) is 18.3 Å². The van der Waals surface area contributed by atoms with Gasteiger partial charge in [-0.25, -0.2) is 0 Å². The zero-order valence-electron chi connectivity index (χ0n) is 13.7. The van der Waals surface area contributed by atoms with Crippen LogP contribution in [0.5, 0.6) is 0 Å². The van der Waals surface area contributed by atoms with Crippen LogP contribution in [0.1, 0.15) is 53.4 Å². The van der Waals surface area contributed by atoms with Crippen molar-refractivity contribution in [2.45, 2.75) is 76.8 Å². The lowest BCUT2D eigenvalue weighted by molar-refractivity contribution is -0.177. The minimum atomic E-state index is -0.484. The molecule has 7 atom stereocenters. The van der Waals surface area contributed by atoms with Crippen LogP contribution >= 0.6 is 0 Å². The Morgan fingerprint density at radius 3 is 2.68 bits per heavy atom. The second-order valence-corrected chi connectivity index (χ2v) is 7.97. The van der Waals surface area contributed by atoms with E-state index in [4.69, 9.17) is 14.2 Å². The summed E-state index contributed by atoms with van der Waals surface area (Å²) < 4.78 is 17.7. The van der Waals surface area contributed by atoms with Gasteiger partial charge in [-0.15, -0.1) is 0 Å². The Labute approximate surface area is 130 Å². The molecular formula is C17H24O5. The molecular weight excluding hydrogens is 284 g/mol. The average Bonchev–Trinajstić information content (AvgIpc) is 2.98. The Morgan fingerprint density at radius 1 is 1.27 bits per heavy atom. The monoisotopic (exact) mass is 308 g/mol. The number of epoxide rings is 1. The van der Waals surface area contributed by atoms with Gasteiger partial charge in [-0.1, -0.05) is 13.8 Å². The first-order valence-electron chi connectivity index (χ1n) is 8.33. The first-order valence-corrected chi connectivity index (χ1v) is 8.33. The number of ether oxygens (including phenoxy) is 3. The molecule has 5 nitrogen and oxygen atoms in total. The van der Waals surface area contributed by atoms with Crippen LogP contribution in [0.15, 0.2) is 0 Å². The summed E-state index contributed by atoms with van der Waals surface area (Å²) in [5, 5.41) is 0.